The Morgan fingerprint density at radius 3 is 2.35 bits per heavy atom. The Kier molecular flexibility index (Phi) is 5.58. The maximum atomic E-state index is 12.6. The van der Waals surface area contributed by atoms with Gasteiger partial charge in [-0.25, -0.2) is 5.01 Å². The Hall–Kier alpha value is -1.68. The van der Waals surface area contributed by atoms with E-state index in [1.807, 2.05) is 0 Å². The van der Waals surface area contributed by atoms with Crippen molar-refractivity contribution in [3.05, 3.63) is 34.9 Å². The van der Waals surface area contributed by atoms with Crippen molar-refractivity contribution in [2.24, 2.45) is 5.10 Å². The fraction of sp³-hybridized carbons (Fsp3) is 0.579. The predicted molar refractivity (Wildman–Crippen MR) is 93.5 cm³/mol. The molecule has 0 saturated carbocycles. The van der Waals surface area contributed by atoms with Crippen molar-refractivity contribution in [3.8, 4) is 0 Å². The topological polar surface area (TPSA) is 52.9 Å². The molecule has 23 heavy (non-hydrogen) atoms. The summed E-state index contributed by atoms with van der Waals surface area (Å²) in [4.78, 5) is 12.6. The molecule has 0 fully saturated rings. The van der Waals surface area contributed by atoms with Crippen molar-refractivity contribution in [2.75, 3.05) is 6.61 Å². The van der Waals surface area contributed by atoms with Gasteiger partial charge < -0.3 is 5.11 Å². The summed E-state index contributed by atoms with van der Waals surface area (Å²) in [5, 5.41) is 15.4. The first-order valence-electron chi connectivity index (χ1n) is 8.56. The van der Waals surface area contributed by atoms with Crippen LogP contribution < -0.4 is 0 Å². The van der Waals surface area contributed by atoms with Crippen LogP contribution in [-0.4, -0.2) is 33.9 Å². The van der Waals surface area contributed by atoms with Crippen molar-refractivity contribution >= 4 is 11.6 Å². The first-order chi connectivity index (χ1) is 11.0. The summed E-state index contributed by atoms with van der Waals surface area (Å²) in [6, 6.07) is 6.43. The van der Waals surface area contributed by atoms with Gasteiger partial charge >= 0.3 is 0 Å². The molecule has 1 aliphatic heterocycles. The van der Waals surface area contributed by atoms with Crippen LogP contribution in [0.1, 0.15) is 62.6 Å². The summed E-state index contributed by atoms with van der Waals surface area (Å²) >= 11 is 0. The van der Waals surface area contributed by atoms with Crippen LogP contribution in [0.5, 0.6) is 0 Å². The number of carbonyl (C=O) groups excluding carboxylic acids is 1. The normalized spacial score (nSPS) is 16.6. The number of hydrogen-bond acceptors (Lipinski definition) is 3. The summed E-state index contributed by atoms with van der Waals surface area (Å²) in [6.45, 7) is 8.45. The Labute approximate surface area is 139 Å². The van der Waals surface area contributed by atoms with Gasteiger partial charge in [-0.05, 0) is 38.7 Å². The Bertz CT molecular complexity index is 583. The Morgan fingerprint density at radius 1 is 1.22 bits per heavy atom. The molecule has 1 aromatic rings. The van der Waals surface area contributed by atoms with Gasteiger partial charge in [0.1, 0.15) is 0 Å². The number of amides is 1. The first kappa shape index (κ1) is 17.7. The fourth-order valence-corrected chi connectivity index (χ4v) is 3.41. The molecule has 0 spiro atoms. The van der Waals surface area contributed by atoms with Crippen molar-refractivity contribution in [2.45, 2.75) is 65.3 Å². The molecule has 0 radical (unpaired) electrons. The van der Waals surface area contributed by atoms with Crippen molar-refractivity contribution in [3.63, 3.8) is 0 Å². The Balaban J connectivity index is 2.36. The third kappa shape index (κ3) is 3.63. The zero-order valence-electron chi connectivity index (χ0n) is 14.7. The molecule has 0 saturated heterocycles. The number of hydrogen-bond donors (Lipinski definition) is 1. The second-order valence-corrected chi connectivity index (χ2v) is 6.56. The molecule has 0 bridgehead atoms. The SMILES string of the molecule is CCC1(CC)CC(c2cc(C)cc(C)c2)=NN1C(=O)CCCO. The van der Waals surface area contributed by atoms with E-state index in [0.29, 0.717) is 12.8 Å². The van der Waals surface area contributed by atoms with Crippen LogP contribution in [0, 0.1) is 13.8 Å². The van der Waals surface area contributed by atoms with Gasteiger partial charge in [0.25, 0.3) is 0 Å². The molecular weight excluding hydrogens is 288 g/mol. The molecule has 4 heteroatoms. The highest BCUT2D eigenvalue weighted by Gasteiger charge is 2.43. The minimum Gasteiger partial charge on any atom is -0.396 e. The standard InChI is InChI=1S/C19H28N2O2/c1-5-19(6-2)13-17(16-11-14(3)10-15(4)12-16)20-21(19)18(23)8-7-9-22/h10-12,22H,5-9,13H2,1-4H3. The zero-order valence-corrected chi connectivity index (χ0v) is 14.7. The lowest BCUT2D eigenvalue weighted by Gasteiger charge is -2.34. The van der Waals surface area contributed by atoms with Crippen LogP contribution >= 0.6 is 0 Å². The molecule has 0 aromatic heterocycles. The maximum absolute atomic E-state index is 12.6. The van der Waals surface area contributed by atoms with E-state index in [0.717, 1.165) is 30.5 Å². The van der Waals surface area contributed by atoms with Gasteiger partial charge in [-0.3, -0.25) is 4.79 Å². The number of hydrazone groups is 1. The minimum absolute atomic E-state index is 0.0159. The van der Waals surface area contributed by atoms with E-state index in [1.165, 1.54) is 11.1 Å². The molecule has 1 aliphatic rings. The monoisotopic (exact) mass is 316 g/mol. The zero-order chi connectivity index (χ0) is 17.0. The lowest BCUT2D eigenvalue weighted by molar-refractivity contribution is -0.137. The minimum atomic E-state index is -0.223. The number of nitrogens with zero attached hydrogens (tertiary/aromatic N) is 2. The molecule has 2 rings (SSSR count). The highest BCUT2D eigenvalue weighted by molar-refractivity contribution is 6.04. The van der Waals surface area contributed by atoms with Crippen molar-refractivity contribution in [1.29, 1.82) is 0 Å². The van der Waals surface area contributed by atoms with Gasteiger partial charge in [0.15, 0.2) is 0 Å². The number of aliphatic hydroxyl groups is 1. The Morgan fingerprint density at radius 2 is 1.83 bits per heavy atom. The molecule has 1 N–H and O–H groups in total. The van der Waals surface area contributed by atoms with E-state index in [2.05, 4.69) is 45.9 Å². The predicted octanol–water partition coefficient (Wildman–Crippen LogP) is 3.57. The van der Waals surface area contributed by atoms with Crippen LogP contribution in [0.4, 0.5) is 0 Å². The maximum Gasteiger partial charge on any atom is 0.243 e. The van der Waals surface area contributed by atoms with Gasteiger partial charge in [-0.15, -0.1) is 0 Å². The summed E-state index contributed by atoms with van der Waals surface area (Å²) in [6.07, 6.45) is 3.40. The summed E-state index contributed by atoms with van der Waals surface area (Å²) in [7, 11) is 0. The molecule has 1 heterocycles. The molecule has 0 atom stereocenters. The summed E-state index contributed by atoms with van der Waals surface area (Å²) < 4.78 is 0. The van der Waals surface area contributed by atoms with Gasteiger partial charge in [0, 0.05) is 19.4 Å². The lowest BCUT2D eigenvalue weighted by atomic mass is 9.85. The van der Waals surface area contributed by atoms with Crippen LogP contribution in [0.3, 0.4) is 0 Å². The van der Waals surface area contributed by atoms with E-state index in [1.54, 1.807) is 5.01 Å². The molecular formula is C19H28N2O2. The van der Waals surface area contributed by atoms with Crippen LogP contribution in [0.2, 0.25) is 0 Å². The number of carbonyl (C=O) groups is 1. The highest BCUT2D eigenvalue weighted by atomic mass is 16.3. The smallest absolute Gasteiger partial charge is 0.243 e. The number of rotatable bonds is 6. The molecule has 4 nitrogen and oxygen atoms in total. The number of aliphatic hydroxyl groups excluding tert-OH is 1. The molecule has 1 aromatic carbocycles. The number of aryl methyl sites for hydroxylation is 2. The van der Waals surface area contributed by atoms with Gasteiger partial charge in [-0.1, -0.05) is 43.2 Å². The number of benzene rings is 1. The van der Waals surface area contributed by atoms with Crippen molar-refractivity contribution < 1.29 is 9.90 Å². The van der Waals surface area contributed by atoms with Crippen LogP contribution in [0.25, 0.3) is 0 Å². The van der Waals surface area contributed by atoms with Gasteiger partial charge in [0.2, 0.25) is 5.91 Å². The molecule has 0 unspecified atom stereocenters. The fourth-order valence-electron chi connectivity index (χ4n) is 3.41. The van der Waals surface area contributed by atoms with Gasteiger partial charge in [-0.2, -0.15) is 5.10 Å². The average molecular weight is 316 g/mol. The van der Waals surface area contributed by atoms with Gasteiger partial charge in [0.05, 0.1) is 11.3 Å². The molecule has 0 aliphatic carbocycles. The van der Waals surface area contributed by atoms with E-state index in [-0.39, 0.29) is 18.1 Å². The average Bonchev–Trinajstić information content (AvgIpc) is 2.92. The van der Waals surface area contributed by atoms with E-state index in [4.69, 9.17) is 10.2 Å². The third-order valence-electron chi connectivity index (χ3n) is 4.82. The second-order valence-electron chi connectivity index (χ2n) is 6.56. The highest BCUT2D eigenvalue weighted by Crippen LogP contribution is 2.36. The van der Waals surface area contributed by atoms with Crippen LogP contribution in [0.15, 0.2) is 23.3 Å². The second kappa shape index (κ2) is 7.26. The molecule has 1 amide bonds. The largest absolute Gasteiger partial charge is 0.396 e. The first-order valence-corrected chi connectivity index (χ1v) is 8.56. The summed E-state index contributed by atoms with van der Waals surface area (Å²) in [5.41, 5.74) is 4.32. The van der Waals surface area contributed by atoms with E-state index >= 15 is 0 Å². The van der Waals surface area contributed by atoms with Crippen LogP contribution in [-0.2, 0) is 4.79 Å². The van der Waals surface area contributed by atoms with E-state index in [9.17, 15) is 4.79 Å². The summed E-state index contributed by atoms with van der Waals surface area (Å²) in [5.74, 6) is 0.0159. The quantitative estimate of drug-likeness (QED) is 0.872. The van der Waals surface area contributed by atoms with E-state index < -0.39 is 0 Å². The molecule has 126 valence electrons. The third-order valence-corrected chi connectivity index (χ3v) is 4.82. The van der Waals surface area contributed by atoms with Crippen molar-refractivity contribution in [1.82, 2.24) is 5.01 Å². The lowest BCUT2D eigenvalue weighted by Crippen LogP contribution is -2.45.